The molecule has 0 fully saturated rings. The average molecular weight is 245 g/mol. The van der Waals surface area contributed by atoms with Crippen molar-refractivity contribution in [3.63, 3.8) is 0 Å². The van der Waals surface area contributed by atoms with Crippen LogP contribution in [0.3, 0.4) is 0 Å². The maximum absolute atomic E-state index is 11.9. The number of alkyl halides is 2. The van der Waals surface area contributed by atoms with Crippen LogP contribution in [0, 0.1) is 0 Å². The van der Waals surface area contributed by atoms with Crippen molar-refractivity contribution in [3.8, 4) is 5.75 Å². The van der Waals surface area contributed by atoms with Gasteiger partial charge in [-0.1, -0.05) is 12.1 Å². The molecule has 1 aromatic rings. The Bertz CT molecular complexity index is 330. The lowest BCUT2D eigenvalue weighted by atomic mass is 10.1. The van der Waals surface area contributed by atoms with Gasteiger partial charge in [0.1, 0.15) is 5.75 Å². The summed E-state index contributed by atoms with van der Waals surface area (Å²) in [6, 6.07) is 6.48. The van der Waals surface area contributed by atoms with E-state index < -0.39 is 6.61 Å². The van der Waals surface area contributed by atoms with Gasteiger partial charge in [0.05, 0.1) is 6.61 Å². The van der Waals surface area contributed by atoms with Gasteiger partial charge in [0.15, 0.2) is 0 Å². The number of hydrogen-bond donors (Lipinski definition) is 2. The summed E-state index contributed by atoms with van der Waals surface area (Å²) >= 11 is 0. The first-order valence-electron chi connectivity index (χ1n) is 5.44. The first-order chi connectivity index (χ1) is 8.02. The standard InChI is InChI=1S/C12H17F2NO2/c1-8(7-16)15-9(2)10-3-5-11(6-4-10)17-12(13)14/h3-6,8-9,12,15-16H,7H2,1-2H3. The number of nitrogens with one attached hydrogen (secondary N) is 1. The van der Waals surface area contributed by atoms with Crippen LogP contribution in [0.25, 0.3) is 0 Å². The van der Waals surface area contributed by atoms with Crippen LogP contribution in [-0.2, 0) is 0 Å². The van der Waals surface area contributed by atoms with Crippen LogP contribution in [0.4, 0.5) is 8.78 Å². The van der Waals surface area contributed by atoms with Gasteiger partial charge in [-0.15, -0.1) is 0 Å². The summed E-state index contributed by atoms with van der Waals surface area (Å²) < 4.78 is 28.1. The van der Waals surface area contributed by atoms with Crippen molar-refractivity contribution in [1.29, 1.82) is 0 Å². The summed E-state index contributed by atoms with van der Waals surface area (Å²) in [6.45, 7) is 1.06. The van der Waals surface area contributed by atoms with Crippen LogP contribution in [0.2, 0.25) is 0 Å². The number of rotatable bonds is 6. The molecule has 5 heteroatoms. The minimum Gasteiger partial charge on any atom is -0.435 e. The molecule has 0 heterocycles. The summed E-state index contributed by atoms with van der Waals surface area (Å²) in [5.74, 6) is 0.145. The number of hydrogen-bond acceptors (Lipinski definition) is 3. The summed E-state index contributed by atoms with van der Waals surface area (Å²) in [7, 11) is 0. The molecule has 0 aliphatic heterocycles. The van der Waals surface area contributed by atoms with E-state index in [1.165, 1.54) is 12.1 Å². The average Bonchev–Trinajstić information content (AvgIpc) is 2.28. The molecule has 0 bridgehead atoms. The molecule has 1 aromatic carbocycles. The van der Waals surface area contributed by atoms with Crippen LogP contribution in [0.15, 0.2) is 24.3 Å². The zero-order chi connectivity index (χ0) is 12.8. The molecule has 2 unspecified atom stereocenters. The highest BCUT2D eigenvalue weighted by molar-refractivity contribution is 5.29. The highest BCUT2D eigenvalue weighted by Gasteiger charge is 2.09. The first kappa shape index (κ1) is 13.9. The third kappa shape index (κ3) is 4.66. The molecule has 2 atom stereocenters. The fourth-order valence-electron chi connectivity index (χ4n) is 1.51. The second-order valence-electron chi connectivity index (χ2n) is 3.92. The lowest BCUT2D eigenvalue weighted by Crippen LogP contribution is -2.31. The van der Waals surface area contributed by atoms with E-state index in [9.17, 15) is 8.78 Å². The molecular formula is C12H17F2NO2. The number of aliphatic hydroxyl groups is 1. The second-order valence-corrected chi connectivity index (χ2v) is 3.92. The van der Waals surface area contributed by atoms with Gasteiger partial charge in [0.25, 0.3) is 0 Å². The molecule has 0 radical (unpaired) electrons. The minimum absolute atomic E-state index is 0.0120. The Labute approximate surface area is 99.4 Å². The Hall–Kier alpha value is -1.20. The highest BCUT2D eigenvalue weighted by atomic mass is 19.3. The summed E-state index contributed by atoms with van der Waals surface area (Å²) in [5.41, 5.74) is 0.951. The molecule has 0 amide bonds. The normalized spacial score (nSPS) is 14.7. The van der Waals surface area contributed by atoms with E-state index in [0.717, 1.165) is 5.56 Å². The Morgan fingerprint density at radius 2 is 1.82 bits per heavy atom. The maximum Gasteiger partial charge on any atom is 0.387 e. The molecule has 96 valence electrons. The van der Waals surface area contributed by atoms with Crippen molar-refractivity contribution in [2.45, 2.75) is 32.5 Å². The van der Waals surface area contributed by atoms with Crippen LogP contribution in [-0.4, -0.2) is 24.4 Å². The van der Waals surface area contributed by atoms with E-state index in [2.05, 4.69) is 10.1 Å². The second kappa shape index (κ2) is 6.51. The molecule has 0 aromatic heterocycles. The predicted octanol–water partition coefficient (Wildman–Crippen LogP) is 2.32. The molecule has 0 aliphatic carbocycles. The predicted molar refractivity (Wildman–Crippen MR) is 61.2 cm³/mol. The van der Waals surface area contributed by atoms with E-state index >= 15 is 0 Å². The number of aliphatic hydroxyl groups excluding tert-OH is 1. The molecule has 3 nitrogen and oxygen atoms in total. The van der Waals surface area contributed by atoms with Gasteiger partial charge in [0.2, 0.25) is 0 Å². The van der Waals surface area contributed by atoms with Crippen LogP contribution in [0.1, 0.15) is 25.5 Å². The molecular weight excluding hydrogens is 228 g/mol. The largest absolute Gasteiger partial charge is 0.435 e. The number of ether oxygens (including phenoxy) is 1. The lowest BCUT2D eigenvalue weighted by Gasteiger charge is -2.18. The quantitative estimate of drug-likeness (QED) is 0.808. The lowest BCUT2D eigenvalue weighted by molar-refractivity contribution is -0.0498. The van der Waals surface area contributed by atoms with Gasteiger partial charge in [0, 0.05) is 12.1 Å². The van der Waals surface area contributed by atoms with E-state index in [1.54, 1.807) is 12.1 Å². The van der Waals surface area contributed by atoms with Gasteiger partial charge in [-0.25, -0.2) is 0 Å². The fraction of sp³-hybridized carbons (Fsp3) is 0.500. The topological polar surface area (TPSA) is 41.5 Å². The van der Waals surface area contributed by atoms with Crippen molar-refractivity contribution in [1.82, 2.24) is 5.32 Å². The summed E-state index contributed by atoms with van der Waals surface area (Å²) in [4.78, 5) is 0. The van der Waals surface area contributed by atoms with Crippen LogP contribution in [0.5, 0.6) is 5.75 Å². The van der Waals surface area contributed by atoms with Crippen molar-refractivity contribution < 1.29 is 18.6 Å². The van der Waals surface area contributed by atoms with Crippen molar-refractivity contribution in [2.75, 3.05) is 6.61 Å². The van der Waals surface area contributed by atoms with E-state index in [-0.39, 0.29) is 24.4 Å². The van der Waals surface area contributed by atoms with Crippen LogP contribution < -0.4 is 10.1 Å². The van der Waals surface area contributed by atoms with Gasteiger partial charge < -0.3 is 15.2 Å². The van der Waals surface area contributed by atoms with Crippen molar-refractivity contribution in [3.05, 3.63) is 29.8 Å². The number of halogens is 2. The monoisotopic (exact) mass is 245 g/mol. The Morgan fingerprint density at radius 3 is 2.29 bits per heavy atom. The van der Waals surface area contributed by atoms with E-state index in [4.69, 9.17) is 5.11 Å². The first-order valence-corrected chi connectivity index (χ1v) is 5.44. The third-order valence-electron chi connectivity index (χ3n) is 2.41. The Morgan fingerprint density at radius 1 is 1.24 bits per heavy atom. The van der Waals surface area contributed by atoms with Crippen molar-refractivity contribution >= 4 is 0 Å². The highest BCUT2D eigenvalue weighted by Crippen LogP contribution is 2.19. The molecule has 0 saturated heterocycles. The zero-order valence-corrected chi connectivity index (χ0v) is 9.86. The molecule has 1 rings (SSSR count). The minimum atomic E-state index is -2.80. The summed E-state index contributed by atoms with van der Waals surface area (Å²) in [6.07, 6.45) is 0. The fourth-order valence-corrected chi connectivity index (χ4v) is 1.51. The van der Waals surface area contributed by atoms with E-state index in [0.29, 0.717) is 0 Å². The Kier molecular flexibility index (Phi) is 5.31. The molecule has 17 heavy (non-hydrogen) atoms. The van der Waals surface area contributed by atoms with Gasteiger partial charge in [-0.2, -0.15) is 8.78 Å². The number of benzene rings is 1. The van der Waals surface area contributed by atoms with Gasteiger partial charge >= 0.3 is 6.61 Å². The summed E-state index contributed by atoms with van der Waals surface area (Å²) in [5, 5.41) is 12.1. The smallest absolute Gasteiger partial charge is 0.387 e. The van der Waals surface area contributed by atoms with E-state index in [1.807, 2.05) is 13.8 Å². The Balaban J connectivity index is 2.60. The zero-order valence-electron chi connectivity index (χ0n) is 9.86. The third-order valence-corrected chi connectivity index (χ3v) is 2.41. The molecule has 0 spiro atoms. The molecule has 0 aliphatic rings. The molecule has 2 N–H and O–H groups in total. The van der Waals surface area contributed by atoms with Gasteiger partial charge in [-0.3, -0.25) is 0 Å². The van der Waals surface area contributed by atoms with Gasteiger partial charge in [-0.05, 0) is 31.5 Å². The molecule has 0 saturated carbocycles. The SMILES string of the molecule is CC(CO)NC(C)c1ccc(OC(F)F)cc1. The maximum atomic E-state index is 11.9. The van der Waals surface area contributed by atoms with Crippen molar-refractivity contribution in [2.24, 2.45) is 0 Å². The van der Waals surface area contributed by atoms with Crippen LogP contribution >= 0.6 is 0 Å².